The van der Waals surface area contributed by atoms with E-state index in [4.69, 9.17) is 13.8 Å². The van der Waals surface area contributed by atoms with Gasteiger partial charge in [0.1, 0.15) is 22.3 Å². The van der Waals surface area contributed by atoms with Gasteiger partial charge in [-0.25, -0.2) is 0 Å². The van der Waals surface area contributed by atoms with Crippen LogP contribution in [-0.4, -0.2) is 14.1 Å². The van der Waals surface area contributed by atoms with Crippen LogP contribution in [0.3, 0.4) is 0 Å². The summed E-state index contributed by atoms with van der Waals surface area (Å²) >= 11 is 0. The Morgan fingerprint density at radius 3 is 1.59 bits per heavy atom. The minimum Gasteiger partial charge on any atom is -0.455 e. The molecule has 0 saturated carbocycles. The largest absolute Gasteiger partial charge is 0.455 e. The van der Waals surface area contributed by atoms with Crippen molar-refractivity contribution >= 4 is 87.5 Å². The maximum atomic E-state index is 10.3. The summed E-state index contributed by atoms with van der Waals surface area (Å²) in [6.45, 7) is 0. The number of benzene rings is 7. The Labute approximate surface area is 306 Å². The third-order valence-corrected chi connectivity index (χ3v) is 11.1. The van der Waals surface area contributed by atoms with Gasteiger partial charge < -0.3 is 18.0 Å². The van der Waals surface area contributed by atoms with Gasteiger partial charge in [-0.05, 0) is 72.8 Å². The van der Waals surface area contributed by atoms with Crippen molar-refractivity contribution < 1.29 is 8.83 Å². The second kappa shape index (κ2) is 10.7. The van der Waals surface area contributed by atoms with Crippen LogP contribution in [0.1, 0.15) is 5.56 Å². The molecule has 0 N–H and O–H groups in total. The van der Waals surface area contributed by atoms with E-state index in [1.54, 1.807) is 0 Å². The van der Waals surface area contributed by atoms with Crippen molar-refractivity contribution in [3.63, 3.8) is 0 Å². The van der Waals surface area contributed by atoms with Crippen LogP contribution in [0.25, 0.3) is 110 Å². The lowest BCUT2D eigenvalue weighted by atomic mass is 10.00. The van der Waals surface area contributed by atoms with Crippen LogP contribution in [0.4, 0.5) is 0 Å². The molecule has 0 fully saturated rings. The first kappa shape index (κ1) is 29.0. The van der Waals surface area contributed by atoms with E-state index in [0.717, 1.165) is 110 Å². The quantitative estimate of drug-likeness (QED) is 0.185. The topological polar surface area (TPSA) is 72.8 Å². The average molecular weight is 691 g/mol. The molecule has 0 spiro atoms. The lowest BCUT2D eigenvalue weighted by Gasteiger charge is -2.18. The van der Waals surface area contributed by atoms with Crippen molar-refractivity contribution in [2.24, 2.45) is 0 Å². The molecule has 0 radical (unpaired) electrons. The van der Waals surface area contributed by atoms with E-state index in [9.17, 15) is 5.26 Å². The van der Waals surface area contributed by atoms with Crippen molar-refractivity contribution in [3.05, 3.63) is 164 Å². The number of aromatic nitrogens is 3. The summed E-state index contributed by atoms with van der Waals surface area (Å²) < 4.78 is 17.8. The van der Waals surface area contributed by atoms with Gasteiger partial charge >= 0.3 is 0 Å². The Morgan fingerprint density at radius 1 is 0.463 bits per heavy atom. The standard InChI is InChI=1S/C48H26N4O2/c49-26-28-17-20-39(51-37-13-5-1-11-34(37)45-40(51)21-18-32-30-9-3-7-15-43(30)53-47(32)45)36(25-28)29-23-24-50-27-42(29)52-38-14-6-2-12-35(38)46-41(52)22-19-33-31-10-4-8-16-44(31)54-48(33)46/h1-25,27H. The Morgan fingerprint density at radius 2 is 1.00 bits per heavy atom. The third kappa shape index (κ3) is 3.79. The summed E-state index contributed by atoms with van der Waals surface area (Å²) in [4.78, 5) is 4.70. The molecule has 0 aliphatic heterocycles. The van der Waals surface area contributed by atoms with E-state index in [-0.39, 0.29) is 0 Å². The lowest BCUT2D eigenvalue weighted by Crippen LogP contribution is -2.02. The molecule has 0 bridgehead atoms. The van der Waals surface area contributed by atoms with Gasteiger partial charge in [0.05, 0.1) is 62.0 Å². The highest BCUT2D eigenvalue weighted by molar-refractivity contribution is 6.25. The number of nitriles is 1. The van der Waals surface area contributed by atoms with E-state index in [1.165, 1.54) is 0 Å². The SMILES string of the molecule is N#Cc1ccc(-n2c3ccccc3c3c4oc5ccccc5c4ccc32)c(-c2ccncc2-n2c3ccccc3c3c4oc5ccccc5c4ccc32)c1. The molecule has 0 amide bonds. The highest BCUT2D eigenvalue weighted by Gasteiger charge is 2.24. The predicted octanol–water partition coefficient (Wildman–Crippen LogP) is 12.6. The lowest BCUT2D eigenvalue weighted by molar-refractivity contribution is 0.672. The van der Waals surface area contributed by atoms with Crippen LogP contribution in [-0.2, 0) is 0 Å². The summed E-state index contributed by atoms with van der Waals surface area (Å²) in [7, 11) is 0. The van der Waals surface area contributed by atoms with Crippen LogP contribution >= 0.6 is 0 Å². The maximum Gasteiger partial charge on any atom is 0.145 e. The monoisotopic (exact) mass is 690 g/mol. The first-order valence-electron chi connectivity index (χ1n) is 17.9. The zero-order valence-electron chi connectivity index (χ0n) is 28.6. The van der Waals surface area contributed by atoms with E-state index in [2.05, 4.69) is 124 Å². The first-order valence-corrected chi connectivity index (χ1v) is 17.9. The van der Waals surface area contributed by atoms with Crippen molar-refractivity contribution in [1.29, 1.82) is 5.26 Å². The van der Waals surface area contributed by atoms with E-state index in [1.807, 2.05) is 48.8 Å². The van der Waals surface area contributed by atoms with Gasteiger partial charge in [0.15, 0.2) is 0 Å². The maximum absolute atomic E-state index is 10.3. The fourth-order valence-electron chi connectivity index (χ4n) is 8.80. The number of fused-ring (bicyclic) bond motifs is 14. The molecule has 12 aromatic rings. The Balaban J connectivity index is 1.18. The van der Waals surface area contributed by atoms with Crippen molar-refractivity contribution in [3.8, 4) is 28.6 Å². The molecule has 6 heteroatoms. The molecule has 54 heavy (non-hydrogen) atoms. The molecule has 5 aromatic heterocycles. The van der Waals surface area contributed by atoms with Crippen LogP contribution in [0.15, 0.2) is 167 Å². The summed E-state index contributed by atoms with van der Waals surface area (Å²) in [6, 6.07) is 52.5. The van der Waals surface area contributed by atoms with Gasteiger partial charge in [-0.2, -0.15) is 5.26 Å². The van der Waals surface area contributed by atoms with Gasteiger partial charge in [0.25, 0.3) is 0 Å². The highest BCUT2D eigenvalue weighted by Crippen LogP contribution is 2.45. The summed E-state index contributed by atoms with van der Waals surface area (Å²) in [5, 5.41) is 18.9. The molecule has 7 aromatic carbocycles. The second-order valence-corrected chi connectivity index (χ2v) is 13.8. The number of hydrogen-bond donors (Lipinski definition) is 0. The van der Waals surface area contributed by atoms with Gasteiger partial charge in [0, 0.05) is 49.6 Å². The average Bonchev–Trinajstić information content (AvgIpc) is 3.98. The normalized spacial score (nSPS) is 12.1. The Kier molecular flexibility index (Phi) is 5.75. The molecule has 0 aliphatic carbocycles. The molecule has 0 aliphatic rings. The van der Waals surface area contributed by atoms with E-state index < -0.39 is 0 Å². The minimum atomic E-state index is 0.572. The molecule has 0 unspecified atom stereocenters. The number of para-hydroxylation sites is 4. The van der Waals surface area contributed by atoms with Crippen LogP contribution in [0.2, 0.25) is 0 Å². The predicted molar refractivity (Wildman–Crippen MR) is 218 cm³/mol. The smallest absolute Gasteiger partial charge is 0.145 e. The zero-order chi connectivity index (χ0) is 35.5. The first-order chi connectivity index (χ1) is 26.8. The number of hydrogen-bond acceptors (Lipinski definition) is 4. The molecular formula is C48H26N4O2. The summed E-state index contributed by atoms with van der Waals surface area (Å²) in [6.07, 6.45) is 3.76. The van der Waals surface area contributed by atoms with Gasteiger partial charge in [-0.3, -0.25) is 4.98 Å². The Bertz CT molecular complexity index is 3590. The van der Waals surface area contributed by atoms with Crippen LogP contribution in [0, 0.1) is 11.3 Å². The minimum absolute atomic E-state index is 0.572. The number of rotatable bonds is 3. The third-order valence-electron chi connectivity index (χ3n) is 11.1. The molecule has 0 atom stereocenters. The van der Waals surface area contributed by atoms with Crippen LogP contribution < -0.4 is 0 Å². The number of nitrogens with zero attached hydrogens (tertiary/aromatic N) is 4. The highest BCUT2D eigenvalue weighted by atomic mass is 16.3. The molecule has 6 nitrogen and oxygen atoms in total. The number of furan rings is 2. The zero-order valence-corrected chi connectivity index (χ0v) is 28.6. The fraction of sp³-hybridized carbons (Fsp3) is 0. The van der Waals surface area contributed by atoms with E-state index in [0.29, 0.717) is 5.56 Å². The summed E-state index contributed by atoms with van der Waals surface area (Å²) in [5.41, 5.74) is 11.9. The van der Waals surface area contributed by atoms with Crippen LogP contribution in [0.5, 0.6) is 0 Å². The van der Waals surface area contributed by atoms with Crippen molar-refractivity contribution in [1.82, 2.24) is 14.1 Å². The fourth-order valence-corrected chi connectivity index (χ4v) is 8.80. The summed E-state index contributed by atoms with van der Waals surface area (Å²) in [5.74, 6) is 0. The molecule has 12 rings (SSSR count). The van der Waals surface area contributed by atoms with Gasteiger partial charge in [0.2, 0.25) is 0 Å². The second-order valence-electron chi connectivity index (χ2n) is 13.8. The van der Waals surface area contributed by atoms with Gasteiger partial charge in [-0.1, -0.05) is 72.8 Å². The molecule has 250 valence electrons. The van der Waals surface area contributed by atoms with Crippen molar-refractivity contribution in [2.75, 3.05) is 0 Å². The van der Waals surface area contributed by atoms with Crippen molar-refractivity contribution in [2.45, 2.75) is 0 Å². The van der Waals surface area contributed by atoms with E-state index >= 15 is 0 Å². The van der Waals surface area contributed by atoms with Gasteiger partial charge in [-0.15, -0.1) is 0 Å². The molecular weight excluding hydrogens is 665 g/mol. The molecule has 0 saturated heterocycles. The Hall–Kier alpha value is -7.62. The number of pyridine rings is 1. The molecule has 5 heterocycles.